The number of benzene rings is 1. The first-order valence-corrected chi connectivity index (χ1v) is 8.81. The van der Waals surface area contributed by atoms with E-state index in [9.17, 15) is 4.79 Å². The molecule has 0 bridgehead atoms. The molecular weight excluding hydrogens is 312 g/mol. The molecule has 1 fully saturated rings. The molecule has 128 valence electrons. The molecule has 0 saturated carbocycles. The summed E-state index contributed by atoms with van der Waals surface area (Å²) in [7, 11) is 0. The molecule has 5 heteroatoms. The highest BCUT2D eigenvalue weighted by Gasteiger charge is 2.26. The lowest BCUT2D eigenvalue weighted by Crippen LogP contribution is -2.47. The number of likely N-dealkylation sites (tertiary alicyclic amines) is 1. The normalized spacial score (nSPS) is 17.8. The maximum absolute atomic E-state index is 12.9. The van der Waals surface area contributed by atoms with Crippen molar-refractivity contribution in [3.05, 3.63) is 60.4 Å². The Morgan fingerprint density at radius 2 is 1.96 bits per heavy atom. The average Bonchev–Trinajstić information content (AvgIpc) is 3.11. The van der Waals surface area contributed by atoms with Crippen LogP contribution in [0.2, 0.25) is 0 Å². The fraction of sp³-hybridized carbons (Fsp3) is 0.300. The molecule has 2 aromatic heterocycles. The van der Waals surface area contributed by atoms with Crippen molar-refractivity contribution in [2.75, 3.05) is 13.1 Å². The third-order valence-electron chi connectivity index (χ3n) is 4.93. The minimum Gasteiger partial charge on any atom is -0.334 e. The predicted octanol–water partition coefficient (Wildman–Crippen LogP) is 2.95. The number of carbonyl (C=O) groups excluding carboxylic acids is 1. The monoisotopic (exact) mass is 334 g/mol. The van der Waals surface area contributed by atoms with E-state index in [-0.39, 0.29) is 11.9 Å². The molecule has 5 nitrogen and oxygen atoms in total. The van der Waals surface area contributed by atoms with Crippen LogP contribution in [0.4, 0.5) is 0 Å². The summed E-state index contributed by atoms with van der Waals surface area (Å²) in [5.74, 6) is 0.0620. The van der Waals surface area contributed by atoms with Gasteiger partial charge in [-0.1, -0.05) is 30.3 Å². The maximum atomic E-state index is 12.9. The Bertz CT molecular complexity index is 887. The largest absolute Gasteiger partial charge is 0.334 e. The number of aromatic nitrogens is 2. The van der Waals surface area contributed by atoms with E-state index < -0.39 is 0 Å². The summed E-state index contributed by atoms with van der Waals surface area (Å²) < 4.78 is 1.93. The zero-order valence-electron chi connectivity index (χ0n) is 14.1. The fourth-order valence-corrected chi connectivity index (χ4v) is 3.55. The SMILES string of the molecule is NC[C@H]1CCCCN1C(=O)c1ccc2nc(-c3ccccc3)cn2c1. The Hall–Kier alpha value is -2.66. The van der Waals surface area contributed by atoms with Gasteiger partial charge in [0.25, 0.3) is 5.91 Å². The van der Waals surface area contributed by atoms with Crippen molar-refractivity contribution < 1.29 is 4.79 Å². The zero-order chi connectivity index (χ0) is 17.2. The van der Waals surface area contributed by atoms with Crippen LogP contribution in [-0.4, -0.2) is 39.3 Å². The van der Waals surface area contributed by atoms with Crippen molar-refractivity contribution in [2.45, 2.75) is 25.3 Å². The van der Waals surface area contributed by atoms with Gasteiger partial charge in [-0.25, -0.2) is 4.98 Å². The Labute approximate surface area is 147 Å². The van der Waals surface area contributed by atoms with Crippen LogP contribution in [0.5, 0.6) is 0 Å². The third-order valence-corrected chi connectivity index (χ3v) is 4.93. The van der Waals surface area contributed by atoms with Crippen LogP contribution >= 0.6 is 0 Å². The van der Waals surface area contributed by atoms with Gasteiger partial charge in [0.05, 0.1) is 11.3 Å². The van der Waals surface area contributed by atoms with Gasteiger partial charge in [-0.05, 0) is 31.4 Å². The van der Waals surface area contributed by atoms with Gasteiger partial charge in [0.15, 0.2) is 0 Å². The Kier molecular flexibility index (Phi) is 4.24. The van der Waals surface area contributed by atoms with Crippen molar-refractivity contribution in [1.82, 2.24) is 14.3 Å². The summed E-state index contributed by atoms with van der Waals surface area (Å²) in [6, 6.07) is 14.0. The second-order valence-electron chi connectivity index (χ2n) is 6.56. The molecule has 0 spiro atoms. The number of hydrogen-bond acceptors (Lipinski definition) is 3. The molecule has 0 aliphatic carbocycles. The van der Waals surface area contributed by atoms with Gasteiger partial charge in [0.1, 0.15) is 5.65 Å². The number of imidazole rings is 1. The summed E-state index contributed by atoms with van der Waals surface area (Å²) in [5, 5.41) is 0. The lowest BCUT2D eigenvalue weighted by molar-refractivity contribution is 0.0623. The van der Waals surface area contributed by atoms with E-state index in [1.807, 2.05) is 64.2 Å². The first-order valence-electron chi connectivity index (χ1n) is 8.81. The summed E-state index contributed by atoms with van der Waals surface area (Å²) in [6.45, 7) is 1.31. The highest BCUT2D eigenvalue weighted by atomic mass is 16.2. The Balaban J connectivity index is 1.65. The summed E-state index contributed by atoms with van der Waals surface area (Å²) in [6.07, 6.45) is 7.03. The molecule has 1 aliphatic rings. The number of piperidine rings is 1. The van der Waals surface area contributed by atoms with Gasteiger partial charge in [0.2, 0.25) is 0 Å². The zero-order valence-corrected chi connectivity index (χ0v) is 14.1. The molecule has 1 aromatic carbocycles. The minimum absolute atomic E-state index is 0.0620. The van der Waals surface area contributed by atoms with Gasteiger partial charge in [-0.15, -0.1) is 0 Å². The number of carbonyl (C=O) groups is 1. The minimum atomic E-state index is 0.0620. The summed E-state index contributed by atoms with van der Waals surface area (Å²) in [5.41, 5.74) is 9.35. The van der Waals surface area contributed by atoms with E-state index in [2.05, 4.69) is 4.98 Å². The maximum Gasteiger partial charge on any atom is 0.255 e. The van der Waals surface area contributed by atoms with Crippen LogP contribution in [0, 0.1) is 0 Å². The number of pyridine rings is 1. The number of fused-ring (bicyclic) bond motifs is 1. The lowest BCUT2D eigenvalue weighted by atomic mass is 10.0. The van der Waals surface area contributed by atoms with E-state index in [4.69, 9.17) is 5.73 Å². The molecule has 3 aromatic rings. The van der Waals surface area contributed by atoms with Crippen LogP contribution in [0.15, 0.2) is 54.9 Å². The summed E-state index contributed by atoms with van der Waals surface area (Å²) in [4.78, 5) is 19.5. The number of nitrogens with two attached hydrogens (primary N) is 1. The number of hydrogen-bond donors (Lipinski definition) is 1. The lowest BCUT2D eigenvalue weighted by Gasteiger charge is -2.35. The molecule has 1 amide bonds. The quantitative estimate of drug-likeness (QED) is 0.801. The van der Waals surface area contributed by atoms with Gasteiger partial charge < -0.3 is 15.0 Å². The van der Waals surface area contributed by atoms with E-state index >= 15 is 0 Å². The second-order valence-corrected chi connectivity index (χ2v) is 6.56. The van der Waals surface area contributed by atoms with Crippen molar-refractivity contribution in [3.8, 4) is 11.3 Å². The second kappa shape index (κ2) is 6.69. The smallest absolute Gasteiger partial charge is 0.255 e. The van der Waals surface area contributed by atoms with Crippen LogP contribution in [0.25, 0.3) is 16.9 Å². The van der Waals surface area contributed by atoms with E-state index in [1.165, 1.54) is 0 Å². The van der Waals surface area contributed by atoms with Crippen LogP contribution in [-0.2, 0) is 0 Å². The van der Waals surface area contributed by atoms with Gasteiger partial charge in [-0.3, -0.25) is 4.79 Å². The van der Waals surface area contributed by atoms with E-state index in [0.29, 0.717) is 12.1 Å². The highest BCUT2D eigenvalue weighted by Crippen LogP contribution is 2.22. The number of nitrogens with zero attached hydrogens (tertiary/aromatic N) is 3. The number of amides is 1. The first-order chi connectivity index (χ1) is 12.3. The predicted molar refractivity (Wildman–Crippen MR) is 98.4 cm³/mol. The van der Waals surface area contributed by atoms with Gasteiger partial charge in [-0.2, -0.15) is 0 Å². The topological polar surface area (TPSA) is 63.6 Å². The Morgan fingerprint density at radius 1 is 1.12 bits per heavy atom. The van der Waals surface area contributed by atoms with Crippen LogP contribution < -0.4 is 5.73 Å². The standard InChI is InChI=1S/C20H22N4O/c21-12-17-8-4-5-11-24(17)20(25)16-9-10-19-22-18(14-23(19)13-16)15-6-2-1-3-7-15/h1-3,6-7,9-10,13-14,17H,4-5,8,11-12,21H2/t17-/m1/s1. The molecule has 0 unspecified atom stereocenters. The van der Waals surface area contributed by atoms with Gasteiger partial charge >= 0.3 is 0 Å². The third kappa shape index (κ3) is 3.03. The summed E-state index contributed by atoms with van der Waals surface area (Å²) >= 11 is 0. The number of rotatable bonds is 3. The van der Waals surface area contributed by atoms with Crippen molar-refractivity contribution in [1.29, 1.82) is 0 Å². The average molecular weight is 334 g/mol. The molecule has 1 saturated heterocycles. The fourth-order valence-electron chi connectivity index (χ4n) is 3.55. The molecule has 3 heterocycles. The Morgan fingerprint density at radius 3 is 2.76 bits per heavy atom. The molecule has 4 rings (SSSR count). The van der Waals surface area contributed by atoms with E-state index in [1.54, 1.807) is 0 Å². The van der Waals surface area contributed by atoms with E-state index in [0.717, 1.165) is 42.7 Å². The molecule has 1 atom stereocenters. The molecule has 2 N–H and O–H groups in total. The highest BCUT2D eigenvalue weighted by molar-refractivity contribution is 5.94. The molecule has 25 heavy (non-hydrogen) atoms. The van der Waals surface area contributed by atoms with Crippen LogP contribution in [0.3, 0.4) is 0 Å². The molecular formula is C20H22N4O. The molecule has 1 aliphatic heterocycles. The van der Waals surface area contributed by atoms with Crippen molar-refractivity contribution >= 4 is 11.6 Å². The van der Waals surface area contributed by atoms with Crippen LogP contribution in [0.1, 0.15) is 29.6 Å². The molecule has 0 radical (unpaired) electrons. The van der Waals surface area contributed by atoms with Crippen molar-refractivity contribution in [3.63, 3.8) is 0 Å². The van der Waals surface area contributed by atoms with Gasteiger partial charge in [0, 0.05) is 37.1 Å². The van der Waals surface area contributed by atoms with Crippen molar-refractivity contribution in [2.24, 2.45) is 5.73 Å². The first kappa shape index (κ1) is 15.8.